The Labute approximate surface area is 287 Å². The number of hydrogen-bond acceptors (Lipinski definition) is 11. The highest BCUT2D eigenvalue weighted by Crippen LogP contribution is 2.35. The molecule has 1 saturated heterocycles. The van der Waals surface area contributed by atoms with Crippen molar-refractivity contribution in [1.82, 2.24) is 25.2 Å². The van der Waals surface area contributed by atoms with Gasteiger partial charge < -0.3 is 14.8 Å². The molecule has 2 fully saturated rings. The molecule has 50 heavy (non-hydrogen) atoms. The Kier molecular flexibility index (Phi) is 8.34. The van der Waals surface area contributed by atoms with Crippen LogP contribution in [0.25, 0.3) is 0 Å². The van der Waals surface area contributed by atoms with E-state index >= 15 is 0 Å². The van der Waals surface area contributed by atoms with Crippen LogP contribution in [0.3, 0.4) is 0 Å². The lowest BCUT2D eigenvalue weighted by molar-refractivity contribution is -0.136. The molecule has 2 aromatic carbocycles. The minimum absolute atomic E-state index is 0.00887. The molecule has 13 heteroatoms. The van der Waals surface area contributed by atoms with Gasteiger partial charge in [0.1, 0.15) is 23.6 Å². The number of fused-ring (bicyclic) bond motifs is 1. The Balaban J connectivity index is 0.912. The van der Waals surface area contributed by atoms with E-state index in [1.807, 2.05) is 36.4 Å². The number of imide groups is 2. The molecule has 2 aliphatic heterocycles. The number of nitrogens with one attached hydrogen (secondary N) is 2. The Morgan fingerprint density at radius 2 is 1.54 bits per heavy atom. The van der Waals surface area contributed by atoms with Crippen molar-refractivity contribution in [2.45, 2.75) is 70.1 Å². The molecule has 7 rings (SSSR count). The quantitative estimate of drug-likeness (QED) is 0.178. The average molecular weight is 675 g/mol. The molecule has 1 unspecified atom stereocenters. The Bertz CT molecular complexity index is 2010. The largest absolute Gasteiger partial charge is 0.489 e. The topological polar surface area (TPSA) is 170 Å². The summed E-state index contributed by atoms with van der Waals surface area (Å²) in [5.74, 6) is -0.451. The number of rotatable bonds is 10. The van der Waals surface area contributed by atoms with Gasteiger partial charge in [-0.1, -0.05) is 26.0 Å². The smallest absolute Gasteiger partial charge is 0.262 e. The fraction of sp³-hybridized carbons (Fsp3) is 0.297. The zero-order valence-electron chi connectivity index (χ0n) is 27.6. The summed E-state index contributed by atoms with van der Waals surface area (Å²) in [5, 5.41) is 5.62. The molecule has 3 aliphatic rings. The molecular weight excluding hydrogens is 640 g/mol. The average Bonchev–Trinajstić information content (AvgIpc) is 3.32. The number of benzene rings is 2. The van der Waals surface area contributed by atoms with E-state index < -0.39 is 35.1 Å². The lowest BCUT2D eigenvalue weighted by Crippen LogP contribution is -2.54. The number of ketones is 1. The summed E-state index contributed by atoms with van der Waals surface area (Å²) in [5.41, 5.74) is 2.71. The summed E-state index contributed by atoms with van der Waals surface area (Å²) in [4.78, 5) is 75.1. The molecule has 1 atom stereocenters. The standard InChI is InChI=1S/C37H34N6O7/c1-20(44)33-39-18-27(19-40-33)49-24-7-4-21(5-8-24)37(2,3)31-12-9-25(17-38-31)50-26-14-23(15-26)41-22-6-10-28-29(16-22)36(48)43(35(28)47)30-11-13-32(45)42-34(30)46/h4-10,12,16-19,23,26,30,41H,11,13-15H2,1-3H3,(H,42,45,46). The van der Waals surface area contributed by atoms with Crippen LogP contribution in [0.5, 0.6) is 17.2 Å². The predicted molar refractivity (Wildman–Crippen MR) is 179 cm³/mol. The first-order valence-electron chi connectivity index (χ1n) is 16.3. The van der Waals surface area contributed by atoms with E-state index in [0.717, 1.165) is 29.0 Å². The monoisotopic (exact) mass is 674 g/mol. The van der Waals surface area contributed by atoms with Gasteiger partial charge in [-0.25, -0.2) is 9.97 Å². The maximum atomic E-state index is 13.1. The van der Waals surface area contributed by atoms with E-state index in [-0.39, 0.29) is 47.7 Å². The molecule has 1 saturated carbocycles. The predicted octanol–water partition coefficient (Wildman–Crippen LogP) is 4.62. The Morgan fingerprint density at radius 1 is 0.860 bits per heavy atom. The fourth-order valence-electron chi connectivity index (χ4n) is 6.36. The van der Waals surface area contributed by atoms with Gasteiger partial charge in [0.2, 0.25) is 11.8 Å². The summed E-state index contributed by atoms with van der Waals surface area (Å²) < 4.78 is 12.0. The highest BCUT2D eigenvalue weighted by atomic mass is 16.5. The lowest BCUT2D eigenvalue weighted by Gasteiger charge is -2.36. The summed E-state index contributed by atoms with van der Waals surface area (Å²) >= 11 is 0. The van der Waals surface area contributed by atoms with Crippen molar-refractivity contribution in [1.29, 1.82) is 0 Å². The van der Waals surface area contributed by atoms with Gasteiger partial charge in [0.05, 0.1) is 35.4 Å². The number of Topliss-reactive ketones (excluding diaryl/α,β-unsaturated/α-hetero) is 1. The normalized spacial score (nSPS) is 20.1. The van der Waals surface area contributed by atoms with Crippen LogP contribution in [0.4, 0.5) is 5.69 Å². The van der Waals surface area contributed by atoms with Crippen molar-refractivity contribution in [3.05, 3.63) is 101 Å². The highest BCUT2D eigenvalue weighted by molar-refractivity contribution is 6.23. The molecule has 0 spiro atoms. The van der Waals surface area contributed by atoms with Gasteiger partial charge in [-0.15, -0.1) is 0 Å². The highest BCUT2D eigenvalue weighted by Gasteiger charge is 2.45. The maximum absolute atomic E-state index is 13.1. The number of piperidine rings is 1. The molecule has 4 amide bonds. The number of amides is 4. The summed E-state index contributed by atoms with van der Waals surface area (Å²) in [6, 6.07) is 15.7. The van der Waals surface area contributed by atoms with Crippen molar-refractivity contribution in [2.24, 2.45) is 0 Å². The third-order valence-corrected chi connectivity index (χ3v) is 9.34. The molecule has 1 aliphatic carbocycles. The van der Waals surface area contributed by atoms with E-state index in [0.29, 0.717) is 22.9 Å². The van der Waals surface area contributed by atoms with Gasteiger partial charge in [-0.05, 0) is 54.4 Å². The van der Waals surface area contributed by atoms with Gasteiger partial charge in [-0.2, -0.15) is 0 Å². The lowest BCUT2D eigenvalue weighted by atomic mass is 9.81. The molecule has 2 aromatic heterocycles. The first-order chi connectivity index (χ1) is 24.0. The fourth-order valence-corrected chi connectivity index (χ4v) is 6.36. The van der Waals surface area contributed by atoms with E-state index in [4.69, 9.17) is 14.5 Å². The number of hydrogen-bond donors (Lipinski definition) is 2. The third kappa shape index (κ3) is 6.29. The van der Waals surface area contributed by atoms with Crippen LogP contribution in [0, 0.1) is 0 Å². The van der Waals surface area contributed by atoms with Gasteiger partial charge in [-0.3, -0.25) is 39.2 Å². The van der Waals surface area contributed by atoms with Crippen molar-refractivity contribution >= 4 is 35.1 Å². The second-order valence-electron chi connectivity index (χ2n) is 13.2. The van der Waals surface area contributed by atoms with Crippen LogP contribution in [0.2, 0.25) is 0 Å². The van der Waals surface area contributed by atoms with Gasteiger partial charge >= 0.3 is 0 Å². The minimum atomic E-state index is -0.996. The van der Waals surface area contributed by atoms with E-state index in [2.05, 4.69) is 34.4 Å². The third-order valence-electron chi connectivity index (χ3n) is 9.34. The molecule has 0 bridgehead atoms. The number of pyridine rings is 1. The number of ether oxygens (including phenoxy) is 2. The van der Waals surface area contributed by atoms with Gasteiger partial charge in [0.15, 0.2) is 17.4 Å². The first kappa shape index (κ1) is 32.6. The van der Waals surface area contributed by atoms with E-state index in [1.165, 1.54) is 19.3 Å². The number of nitrogens with zero attached hydrogens (tertiary/aromatic N) is 4. The molecule has 4 aromatic rings. The summed E-state index contributed by atoms with van der Waals surface area (Å²) in [6.07, 6.45) is 6.33. The molecule has 4 heterocycles. The van der Waals surface area contributed by atoms with Crippen LogP contribution >= 0.6 is 0 Å². The SMILES string of the molecule is CC(=O)c1ncc(Oc2ccc(C(C)(C)c3ccc(OC4CC(Nc5ccc6c(c5)C(=O)N(C5CCC(=O)NC5=O)C6=O)C4)cn3)cc2)cn1. The molecule has 254 valence electrons. The zero-order valence-corrected chi connectivity index (χ0v) is 27.6. The van der Waals surface area contributed by atoms with Crippen molar-refractivity contribution in [2.75, 3.05) is 5.32 Å². The van der Waals surface area contributed by atoms with Crippen molar-refractivity contribution in [3.8, 4) is 17.2 Å². The summed E-state index contributed by atoms with van der Waals surface area (Å²) in [7, 11) is 0. The number of aromatic nitrogens is 3. The summed E-state index contributed by atoms with van der Waals surface area (Å²) in [6.45, 7) is 5.60. The van der Waals surface area contributed by atoms with Crippen LogP contribution < -0.4 is 20.1 Å². The maximum Gasteiger partial charge on any atom is 0.262 e. The second kappa shape index (κ2) is 12.8. The molecule has 2 N–H and O–H groups in total. The number of carbonyl (C=O) groups excluding carboxylic acids is 5. The molecular formula is C37H34N6O7. The number of anilines is 1. The van der Waals surface area contributed by atoms with Gasteiger partial charge in [0.25, 0.3) is 11.8 Å². The van der Waals surface area contributed by atoms with Crippen LogP contribution in [0.15, 0.2) is 73.2 Å². The van der Waals surface area contributed by atoms with Crippen LogP contribution in [0.1, 0.15) is 89.0 Å². The molecule has 0 radical (unpaired) electrons. The van der Waals surface area contributed by atoms with E-state index in [1.54, 1.807) is 24.4 Å². The van der Waals surface area contributed by atoms with Crippen molar-refractivity contribution < 1.29 is 33.4 Å². The Hall–Kier alpha value is -5.98. The minimum Gasteiger partial charge on any atom is -0.489 e. The Morgan fingerprint density at radius 3 is 2.20 bits per heavy atom. The van der Waals surface area contributed by atoms with Crippen LogP contribution in [-0.4, -0.2) is 67.5 Å². The van der Waals surface area contributed by atoms with Gasteiger partial charge in [0, 0.05) is 43.3 Å². The van der Waals surface area contributed by atoms with Crippen LogP contribution in [-0.2, 0) is 15.0 Å². The van der Waals surface area contributed by atoms with E-state index in [9.17, 15) is 24.0 Å². The zero-order chi connectivity index (χ0) is 35.2. The first-order valence-corrected chi connectivity index (χ1v) is 16.3. The van der Waals surface area contributed by atoms with Crippen molar-refractivity contribution in [3.63, 3.8) is 0 Å². The second-order valence-corrected chi connectivity index (χ2v) is 13.2. The molecule has 13 nitrogen and oxygen atoms in total. The number of carbonyl (C=O) groups is 5.